The van der Waals surface area contributed by atoms with Gasteiger partial charge >= 0.3 is 0 Å². The van der Waals surface area contributed by atoms with Crippen LogP contribution in [0.25, 0.3) is 0 Å². The van der Waals surface area contributed by atoms with Gasteiger partial charge in [-0.2, -0.15) is 4.39 Å². The summed E-state index contributed by atoms with van der Waals surface area (Å²) in [7, 11) is 0. The van der Waals surface area contributed by atoms with Crippen LogP contribution in [0.1, 0.15) is 24.1 Å². The standard InChI is InChI=1S/C8H11FN2/c1-5-4-11-8(9)3-7(5)6(2)10/h3-4,6H,10H2,1-2H3. The summed E-state index contributed by atoms with van der Waals surface area (Å²) in [6.07, 6.45) is 1.49. The predicted molar refractivity (Wildman–Crippen MR) is 41.5 cm³/mol. The third-order valence-electron chi connectivity index (χ3n) is 1.60. The van der Waals surface area contributed by atoms with Crippen LogP contribution in [0.15, 0.2) is 12.3 Å². The zero-order valence-electron chi connectivity index (χ0n) is 6.63. The summed E-state index contributed by atoms with van der Waals surface area (Å²) in [5.41, 5.74) is 7.34. The van der Waals surface area contributed by atoms with Gasteiger partial charge in [0.25, 0.3) is 0 Å². The second-order valence-corrected chi connectivity index (χ2v) is 2.65. The highest BCUT2D eigenvalue weighted by atomic mass is 19.1. The third kappa shape index (κ3) is 1.74. The lowest BCUT2D eigenvalue weighted by molar-refractivity contribution is 0.577. The molecule has 2 nitrogen and oxygen atoms in total. The van der Waals surface area contributed by atoms with Crippen molar-refractivity contribution in [2.75, 3.05) is 0 Å². The minimum atomic E-state index is -0.470. The van der Waals surface area contributed by atoms with Gasteiger partial charge in [-0.1, -0.05) is 0 Å². The summed E-state index contributed by atoms with van der Waals surface area (Å²) >= 11 is 0. The molecule has 0 aromatic carbocycles. The van der Waals surface area contributed by atoms with Crippen molar-refractivity contribution in [3.8, 4) is 0 Å². The molecule has 0 radical (unpaired) electrons. The van der Waals surface area contributed by atoms with Crippen molar-refractivity contribution in [2.24, 2.45) is 5.73 Å². The average molecular weight is 154 g/mol. The van der Waals surface area contributed by atoms with Crippen molar-refractivity contribution in [2.45, 2.75) is 19.9 Å². The second kappa shape index (κ2) is 2.96. The molecular weight excluding hydrogens is 143 g/mol. The summed E-state index contributed by atoms with van der Waals surface area (Å²) in [6.45, 7) is 3.69. The van der Waals surface area contributed by atoms with Crippen LogP contribution in [0.5, 0.6) is 0 Å². The monoisotopic (exact) mass is 154 g/mol. The van der Waals surface area contributed by atoms with Gasteiger partial charge in [-0.15, -0.1) is 0 Å². The van der Waals surface area contributed by atoms with E-state index < -0.39 is 5.95 Å². The van der Waals surface area contributed by atoms with Crippen molar-refractivity contribution in [1.29, 1.82) is 0 Å². The van der Waals surface area contributed by atoms with Crippen LogP contribution < -0.4 is 5.73 Å². The molecule has 1 unspecified atom stereocenters. The minimum Gasteiger partial charge on any atom is -0.324 e. The molecule has 1 atom stereocenters. The van der Waals surface area contributed by atoms with Gasteiger partial charge in [-0.25, -0.2) is 4.98 Å². The summed E-state index contributed by atoms with van der Waals surface area (Å²) in [4.78, 5) is 3.50. The molecule has 1 rings (SSSR count). The predicted octanol–water partition coefficient (Wildman–Crippen LogP) is 1.55. The van der Waals surface area contributed by atoms with E-state index in [-0.39, 0.29) is 6.04 Å². The Bertz CT molecular complexity index is 258. The fourth-order valence-electron chi connectivity index (χ4n) is 1.00. The van der Waals surface area contributed by atoms with E-state index in [2.05, 4.69) is 4.98 Å². The summed E-state index contributed by atoms with van der Waals surface area (Å²) in [6, 6.07) is 1.24. The van der Waals surface area contributed by atoms with Crippen molar-refractivity contribution in [3.05, 3.63) is 29.3 Å². The second-order valence-electron chi connectivity index (χ2n) is 2.65. The highest BCUT2D eigenvalue weighted by Crippen LogP contribution is 2.14. The largest absolute Gasteiger partial charge is 0.324 e. The Morgan fingerprint density at radius 3 is 2.73 bits per heavy atom. The van der Waals surface area contributed by atoms with E-state index >= 15 is 0 Å². The zero-order chi connectivity index (χ0) is 8.43. The number of aryl methyl sites for hydroxylation is 1. The van der Waals surface area contributed by atoms with Gasteiger partial charge in [0.1, 0.15) is 0 Å². The molecule has 0 saturated heterocycles. The van der Waals surface area contributed by atoms with Crippen LogP contribution in [-0.2, 0) is 0 Å². The lowest BCUT2D eigenvalue weighted by atomic mass is 10.1. The molecule has 1 aromatic rings. The van der Waals surface area contributed by atoms with Gasteiger partial charge in [0.05, 0.1) is 0 Å². The first-order valence-electron chi connectivity index (χ1n) is 3.49. The lowest BCUT2D eigenvalue weighted by Gasteiger charge is -2.07. The number of rotatable bonds is 1. The van der Waals surface area contributed by atoms with Crippen molar-refractivity contribution >= 4 is 0 Å². The molecule has 0 saturated carbocycles. The number of halogens is 1. The van der Waals surface area contributed by atoms with E-state index in [0.29, 0.717) is 0 Å². The Kier molecular flexibility index (Phi) is 2.19. The first-order valence-corrected chi connectivity index (χ1v) is 3.49. The Balaban J connectivity index is 3.13. The molecule has 0 amide bonds. The molecule has 2 N–H and O–H groups in total. The van der Waals surface area contributed by atoms with Gasteiger partial charge in [-0.3, -0.25) is 0 Å². The molecule has 0 aliphatic heterocycles. The maximum atomic E-state index is 12.5. The van der Waals surface area contributed by atoms with E-state index in [1.165, 1.54) is 12.3 Å². The molecule has 0 aliphatic rings. The molecular formula is C8H11FN2. The van der Waals surface area contributed by atoms with Crippen LogP contribution in [-0.4, -0.2) is 4.98 Å². The van der Waals surface area contributed by atoms with Gasteiger partial charge in [-0.05, 0) is 31.0 Å². The van der Waals surface area contributed by atoms with Crippen LogP contribution in [0.3, 0.4) is 0 Å². The summed E-state index contributed by atoms with van der Waals surface area (Å²) in [5.74, 6) is -0.470. The number of pyridine rings is 1. The first-order chi connectivity index (χ1) is 5.11. The Morgan fingerprint density at radius 1 is 1.64 bits per heavy atom. The highest BCUT2D eigenvalue weighted by Gasteiger charge is 2.04. The van der Waals surface area contributed by atoms with Crippen molar-refractivity contribution in [1.82, 2.24) is 4.98 Å². The maximum Gasteiger partial charge on any atom is 0.213 e. The van der Waals surface area contributed by atoms with E-state index in [0.717, 1.165) is 11.1 Å². The van der Waals surface area contributed by atoms with Crippen LogP contribution in [0, 0.1) is 12.9 Å². The topological polar surface area (TPSA) is 38.9 Å². The van der Waals surface area contributed by atoms with E-state index in [4.69, 9.17) is 5.73 Å². The summed E-state index contributed by atoms with van der Waals surface area (Å²) in [5, 5.41) is 0. The molecule has 60 valence electrons. The number of nitrogens with two attached hydrogens (primary N) is 1. The van der Waals surface area contributed by atoms with Crippen molar-refractivity contribution in [3.63, 3.8) is 0 Å². The molecule has 11 heavy (non-hydrogen) atoms. The fraction of sp³-hybridized carbons (Fsp3) is 0.375. The zero-order valence-corrected chi connectivity index (χ0v) is 6.63. The van der Waals surface area contributed by atoms with Gasteiger partial charge in [0.2, 0.25) is 5.95 Å². The quantitative estimate of drug-likeness (QED) is 0.623. The lowest BCUT2D eigenvalue weighted by Crippen LogP contribution is -2.07. The van der Waals surface area contributed by atoms with Crippen LogP contribution in [0.4, 0.5) is 4.39 Å². The number of nitrogens with zero attached hydrogens (tertiary/aromatic N) is 1. The molecule has 0 fully saturated rings. The highest BCUT2D eigenvalue weighted by molar-refractivity contribution is 5.24. The Hall–Kier alpha value is -0.960. The van der Waals surface area contributed by atoms with Crippen LogP contribution >= 0.6 is 0 Å². The number of aromatic nitrogens is 1. The van der Waals surface area contributed by atoms with E-state index in [1.807, 2.05) is 13.8 Å². The first kappa shape index (κ1) is 8.14. The fourth-order valence-corrected chi connectivity index (χ4v) is 1.00. The molecule has 0 aliphatic carbocycles. The van der Waals surface area contributed by atoms with Gasteiger partial charge in [0, 0.05) is 12.2 Å². The maximum absolute atomic E-state index is 12.5. The van der Waals surface area contributed by atoms with Crippen molar-refractivity contribution < 1.29 is 4.39 Å². The molecule has 3 heteroatoms. The van der Waals surface area contributed by atoms with Gasteiger partial charge < -0.3 is 5.73 Å². The Morgan fingerprint density at radius 2 is 2.27 bits per heavy atom. The normalized spacial score (nSPS) is 13.1. The SMILES string of the molecule is Cc1cnc(F)cc1C(C)N. The van der Waals surface area contributed by atoms with Gasteiger partial charge in [0.15, 0.2) is 0 Å². The Labute approximate surface area is 65.3 Å². The molecule has 0 spiro atoms. The molecule has 1 aromatic heterocycles. The summed E-state index contributed by atoms with van der Waals surface area (Å²) < 4.78 is 12.5. The molecule has 1 heterocycles. The van der Waals surface area contributed by atoms with Crippen LogP contribution in [0.2, 0.25) is 0 Å². The number of hydrogen-bond acceptors (Lipinski definition) is 2. The number of hydrogen-bond donors (Lipinski definition) is 1. The van der Waals surface area contributed by atoms with E-state index in [9.17, 15) is 4.39 Å². The minimum absolute atomic E-state index is 0.132. The molecule has 0 bridgehead atoms. The smallest absolute Gasteiger partial charge is 0.213 e. The third-order valence-corrected chi connectivity index (χ3v) is 1.60. The average Bonchev–Trinajstić information content (AvgIpc) is 1.94. The van der Waals surface area contributed by atoms with E-state index in [1.54, 1.807) is 0 Å².